The van der Waals surface area contributed by atoms with E-state index in [9.17, 15) is 0 Å². The van der Waals surface area contributed by atoms with E-state index in [4.69, 9.17) is 5.73 Å². The Bertz CT molecular complexity index is 667. The fourth-order valence-electron chi connectivity index (χ4n) is 1.82. The molecule has 3 aromatic rings. The first-order valence-electron chi connectivity index (χ1n) is 5.50. The van der Waals surface area contributed by atoms with Crippen molar-refractivity contribution in [3.8, 4) is 17.1 Å². The molecule has 18 heavy (non-hydrogen) atoms. The van der Waals surface area contributed by atoms with E-state index in [-0.39, 0.29) is 0 Å². The van der Waals surface area contributed by atoms with Crippen molar-refractivity contribution in [3.63, 3.8) is 0 Å². The van der Waals surface area contributed by atoms with Gasteiger partial charge < -0.3 is 5.73 Å². The topological polar surface area (TPSA) is 74.5 Å². The Hall–Kier alpha value is -2.63. The lowest BCUT2D eigenvalue weighted by Gasteiger charge is -2.05. The van der Waals surface area contributed by atoms with E-state index in [1.165, 1.54) is 0 Å². The summed E-state index contributed by atoms with van der Waals surface area (Å²) in [5.41, 5.74) is 7.72. The molecule has 0 radical (unpaired) electrons. The second-order valence-corrected chi connectivity index (χ2v) is 3.93. The third-order valence-electron chi connectivity index (χ3n) is 2.81. The normalized spacial score (nSPS) is 10.7. The Morgan fingerprint density at radius 1 is 1.17 bits per heavy atom. The second kappa shape index (κ2) is 3.99. The number of hydrogen-bond donors (Lipinski definition) is 1. The van der Waals surface area contributed by atoms with Crippen LogP contribution in [0.4, 0.5) is 5.82 Å². The maximum atomic E-state index is 5.96. The van der Waals surface area contributed by atoms with Crippen molar-refractivity contribution in [3.05, 3.63) is 42.9 Å². The van der Waals surface area contributed by atoms with Gasteiger partial charge in [-0.15, -0.1) is 10.2 Å². The van der Waals surface area contributed by atoms with Crippen molar-refractivity contribution < 1.29 is 0 Å². The highest BCUT2D eigenvalue weighted by Gasteiger charge is 2.14. The molecule has 6 nitrogen and oxygen atoms in total. The van der Waals surface area contributed by atoms with Gasteiger partial charge in [0.25, 0.3) is 0 Å². The van der Waals surface area contributed by atoms with Crippen LogP contribution in [0.2, 0.25) is 0 Å². The molecule has 6 heteroatoms. The number of rotatable bonds is 2. The van der Waals surface area contributed by atoms with E-state index in [0.717, 1.165) is 11.3 Å². The van der Waals surface area contributed by atoms with E-state index in [2.05, 4.69) is 15.3 Å². The molecule has 2 heterocycles. The number of nitrogens with two attached hydrogens (primary N) is 1. The van der Waals surface area contributed by atoms with Crippen LogP contribution < -0.4 is 5.73 Å². The molecule has 2 aromatic heterocycles. The monoisotopic (exact) mass is 240 g/mol. The highest BCUT2D eigenvalue weighted by Crippen LogP contribution is 2.24. The molecule has 0 aliphatic carbocycles. The first-order chi connectivity index (χ1) is 8.77. The quantitative estimate of drug-likeness (QED) is 0.731. The molecule has 2 N–H and O–H groups in total. The SMILES string of the molecule is Cn1ncc(-c2nncn2-c2ccccc2)c1N. The van der Waals surface area contributed by atoms with Crippen molar-refractivity contribution in [1.29, 1.82) is 0 Å². The van der Waals surface area contributed by atoms with Crippen LogP contribution in [-0.2, 0) is 7.05 Å². The Balaban J connectivity index is 2.16. The Labute approximate surface area is 104 Å². The van der Waals surface area contributed by atoms with E-state index in [1.807, 2.05) is 34.9 Å². The lowest BCUT2D eigenvalue weighted by molar-refractivity contribution is 0.779. The predicted molar refractivity (Wildman–Crippen MR) is 68.0 cm³/mol. The van der Waals surface area contributed by atoms with Crippen molar-refractivity contribution in [2.24, 2.45) is 7.05 Å². The van der Waals surface area contributed by atoms with Gasteiger partial charge in [-0.25, -0.2) is 0 Å². The van der Waals surface area contributed by atoms with Crippen LogP contribution in [-0.4, -0.2) is 24.5 Å². The number of benzene rings is 1. The fraction of sp³-hybridized carbons (Fsp3) is 0.0833. The van der Waals surface area contributed by atoms with Crippen LogP contribution in [0.25, 0.3) is 17.1 Å². The molecule has 0 spiro atoms. The van der Waals surface area contributed by atoms with Gasteiger partial charge in [0.1, 0.15) is 12.1 Å². The summed E-state index contributed by atoms with van der Waals surface area (Å²) in [6, 6.07) is 9.86. The zero-order valence-corrected chi connectivity index (χ0v) is 9.85. The van der Waals surface area contributed by atoms with Crippen LogP contribution in [0.5, 0.6) is 0 Å². The summed E-state index contributed by atoms with van der Waals surface area (Å²) in [6.07, 6.45) is 3.36. The van der Waals surface area contributed by atoms with Gasteiger partial charge >= 0.3 is 0 Å². The maximum Gasteiger partial charge on any atom is 0.173 e. The number of nitrogens with zero attached hydrogens (tertiary/aromatic N) is 5. The molecule has 0 aliphatic rings. The van der Waals surface area contributed by atoms with Gasteiger partial charge in [0.05, 0.1) is 11.8 Å². The van der Waals surface area contributed by atoms with Crippen LogP contribution in [0.1, 0.15) is 0 Å². The molecule has 0 unspecified atom stereocenters. The van der Waals surface area contributed by atoms with Crippen molar-refractivity contribution in [2.75, 3.05) is 5.73 Å². The first kappa shape index (κ1) is 10.5. The predicted octanol–water partition coefficient (Wildman–Crippen LogP) is 1.25. The standard InChI is InChI=1S/C12H12N6/c1-17-11(13)10(7-15-17)12-16-14-8-18(12)9-5-3-2-4-6-9/h2-8H,13H2,1H3. The second-order valence-electron chi connectivity index (χ2n) is 3.93. The average molecular weight is 240 g/mol. The molecule has 1 aromatic carbocycles. The molecule has 0 atom stereocenters. The number of nitrogen functional groups attached to an aromatic ring is 1. The number of aromatic nitrogens is 5. The molecular formula is C12H12N6. The Kier molecular flexibility index (Phi) is 2.33. The van der Waals surface area contributed by atoms with E-state index >= 15 is 0 Å². The third kappa shape index (κ3) is 1.55. The highest BCUT2D eigenvalue weighted by atomic mass is 15.3. The fourth-order valence-corrected chi connectivity index (χ4v) is 1.82. The van der Waals surface area contributed by atoms with Gasteiger partial charge in [-0.3, -0.25) is 9.25 Å². The van der Waals surface area contributed by atoms with Crippen LogP contribution in [0.3, 0.4) is 0 Å². The summed E-state index contributed by atoms with van der Waals surface area (Å²) in [7, 11) is 1.79. The smallest absolute Gasteiger partial charge is 0.173 e. The average Bonchev–Trinajstić information content (AvgIpc) is 2.99. The minimum absolute atomic E-state index is 0.570. The van der Waals surface area contributed by atoms with Crippen LogP contribution >= 0.6 is 0 Å². The molecule has 3 rings (SSSR count). The Morgan fingerprint density at radius 2 is 1.94 bits per heavy atom. The van der Waals surface area contributed by atoms with Crippen molar-refractivity contribution in [2.45, 2.75) is 0 Å². The third-order valence-corrected chi connectivity index (χ3v) is 2.81. The van der Waals surface area contributed by atoms with Crippen LogP contribution in [0.15, 0.2) is 42.9 Å². The molecule has 0 aliphatic heterocycles. The van der Waals surface area contributed by atoms with Gasteiger partial charge in [-0.05, 0) is 12.1 Å². The number of aryl methyl sites for hydroxylation is 1. The van der Waals surface area contributed by atoms with Crippen molar-refractivity contribution >= 4 is 5.82 Å². The van der Waals surface area contributed by atoms with Gasteiger partial charge in [-0.2, -0.15) is 5.10 Å². The summed E-state index contributed by atoms with van der Waals surface area (Å²) >= 11 is 0. The summed E-state index contributed by atoms with van der Waals surface area (Å²) in [5.74, 6) is 1.26. The van der Waals surface area contributed by atoms with Gasteiger partial charge in [0.2, 0.25) is 0 Å². The van der Waals surface area contributed by atoms with Crippen LogP contribution in [0, 0.1) is 0 Å². The van der Waals surface area contributed by atoms with Gasteiger partial charge in [0, 0.05) is 12.7 Å². The molecule has 0 saturated carbocycles. The highest BCUT2D eigenvalue weighted by molar-refractivity contribution is 5.69. The molecule has 0 saturated heterocycles. The maximum absolute atomic E-state index is 5.96. The molecule has 0 fully saturated rings. The lowest BCUT2D eigenvalue weighted by Crippen LogP contribution is -2.01. The minimum Gasteiger partial charge on any atom is -0.383 e. The largest absolute Gasteiger partial charge is 0.383 e. The summed E-state index contributed by atoms with van der Waals surface area (Å²) in [6.45, 7) is 0. The Morgan fingerprint density at radius 3 is 2.61 bits per heavy atom. The summed E-state index contributed by atoms with van der Waals surface area (Å²) in [5, 5.41) is 12.2. The van der Waals surface area contributed by atoms with Crippen molar-refractivity contribution in [1.82, 2.24) is 24.5 Å². The van der Waals surface area contributed by atoms with Gasteiger partial charge in [-0.1, -0.05) is 18.2 Å². The molecule has 90 valence electrons. The van der Waals surface area contributed by atoms with Gasteiger partial charge in [0.15, 0.2) is 5.82 Å². The van der Waals surface area contributed by atoms with E-state index in [1.54, 1.807) is 24.3 Å². The summed E-state index contributed by atoms with van der Waals surface area (Å²) in [4.78, 5) is 0. The summed E-state index contributed by atoms with van der Waals surface area (Å²) < 4.78 is 3.49. The minimum atomic E-state index is 0.570. The number of anilines is 1. The zero-order chi connectivity index (χ0) is 12.5. The number of para-hydroxylation sites is 1. The zero-order valence-electron chi connectivity index (χ0n) is 9.85. The first-order valence-corrected chi connectivity index (χ1v) is 5.50. The van der Waals surface area contributed by atoms with E-state index < -0.39 is 0 Å². The molecule has 0 bridgehead atoms. The molecule has 0 amide bonds. The lowest BCUT2D eigenvalue weighted by atomic mass is 10.2. The number of hydrogen-bond acceptors (Lipinski definition) is 4. The van der Waals surface area contributed by atoms with E-state index in [0.29, 0.717) is 11.6 Å². The molecular weight excluding hydrogens is 228 g/mol.